The van der Waals surface area contributed by atoms with Crippen LogP contribution in [0.3, 0.4) is 0 Å². The molecule has 2 unspecified atom stereocenters. The Labute approximate surface area is 181 Å². The molecule has 0 spiro atoms. The van der Waals surface area contributed by atoms with E-state index in [1.807, 2.05) is 59.2 Å². The van der Waals surface area contributed by atoms with Gasteiger partial charge in [0.2, 0.25) is 0 Å². The number of fused-ring (bicyclic) bond motifs is 1. The molecule has 4 nitrogen and oxygen atoms in total. The Morgan fingerprint density at radius 3 is 2.42 bits per heavy atom. The van der Waals surface area contributed by atoms with Crippen molar-refractivity contribution >= 4 is 11.0 Å². The van der Waals surface area contributed by atoms with E-state index in [0.717, 1.165) is 34.4 Å². The van der Waals surface area contributed by atoms with Gasteiger partial charge in [-0.15, -0.1) is 0 Å². The van der Waals surface area contributed by atoms with Crippen LogP contribution >= 0.6 is 0 Å². The number of benzene rings is 3. The van der Waals surface area contributed by atoms with Gasteiger partial charge in [-0.1, -0.05) is 61.5 Å². The zero-order valence-corrected chi connectivity index (χ0v) is 17.6. The van der Waals surface area contributed by atoms with Gasteiger partial charge in [0.05, 0.1) is 36.4 Å². The van der Waals surface area contributed by atoms with Crippen molar-refractivity contribution in [3.63, 3.8) is 0 Å². The van der Waals surface area contributed by atoms with E-state index >= 15 is 0 Å². The standard InChI is InChI=1S/C26H27FN2O2/c1-2-25(20-8-4-3-5-9-20)31-18-22(30)17-29-24-11-7-6-10-23(24)28-26(29)16-19-12-14-21(27)15-13-19/h3-15,22,25,30H,2,16-18H2,1H3. The maximum atomic E-state index is 13.3. The summed E-state index contributed by atoms with van der Waals surface area (Å²) in [6.45, 7) is 2.69. The van der Waals surface area contributed by atoms with Gasteiger partial charge in [-0.05, 0) is 41.8 Å². The third-order valence-corrected chi connectivity index (χ3v) is 5.43. The molecule has 0 saturated heterocycles. The molecule has 0 aliphatic carbocycles. The summed E-state index contributed by atoms with van der Waals surface area (Å²) in [5, 5.41) is 10.8. The first-order chi connectivity index (χ1) is 15.1. The van der Waals surface area contributed by atoms with Crippen molar-refractivity contribution in [1.29, 1.82) is 0 Å². The Kier molecular flexibility index (Phi) is 6.75. The van der Waals surface area contributed by atoms with Crippen LogP contribution in [0.5, 0.6) is 0 Å². The van der Waals surface area contributed by atoms with Gasteiger partial charge >= 0.3 is 0 Å². The average molecular weight is 419 g/mol. The number of imidazole rings is 1. The average Bonchev–Trinajstić information content (AvgIpc) is 3.13. The zero-order valence-electron chi connectivity index (χ0n) is 17.6. The Balaban J connectivity index is 1.50. The molecule has 1 heterocycles. The second kappa shape index (κ2) is 9.86. The summed E-state index contributed by atoms with van der Waals surface area (Å²) in [5.41, 5.74) is 3.93. The maximum Gasteiger partial charge on any atom is 0.123 e. The fourth-order valence-corrected chi connectivity index (χ4v) is 3.86. The van der Waals surface area contributed by atoms with Crippen LogP contribution in [0, 0.1) is 5.82 Å². The fourth-order valence-electron chi connectivity index (χ4n) is 3.86. The molecule has 4 rings (SSSR count). The summed E-state index contributed by atoms with van der Waals surface area (Å²) >= 11 is 0. The predicted octanol–water partition coefficient (Wildman–Crippen LogP) is 5.30. The molecule has 0 fully saturated rings. The lowest BCUT2D eigenvalue weighted by molar-refractivity contribution is -0.0174. The lowest BCUT2D eigenvalue weighted by atomic mass is 10.1. The Morgan fingerprint density at radius 2 is 1.68 bits per heavy atom. The first-order valence-electron chi connectivity index (χ1n) is 10.7. The van der Waals surface area contributed by atoms with Crippen LogP contribution in [0.4, 0.5) is 4.39 Å². The number of para-hydroxylation sites is 2. The number of hydrogen-bond donors (Lipinski definition) is 1. The molecule has 0 amide bonds. The zero-order chi connectivity index (χ0) is 21.6. The summed E-state index contributed by atoms with van der Waals surface area (Å²) in [6.07, 6.45) is 0.668. The van der Waals surface area contributed by atoms with Gasteiger partial charge in [-0.2, -0.15) is 0 Å². The maximum absolute atomic E-state index is 13.3. The van der Waals surface area contributed by atoms with Crippen LogP contribution in [0.1, 0.15) is 36.4 Å². The number of hydrogen-bond acceptors (Lipinski definition) is 3. The molecule has 31 heavy (non-hydrogen) atoms. The number of aromatic nitrogens is 2. The highest BCUT2D eigenvalue weighted by Gasteiger charge is 2.17. The van der Waals surface area contributed by atoms with E-state index in [1.165, 1.54) is 12.1 Å². The van der Waals surface area contributed by atoms with E-state index in [9.17, 15) is 9.50 Å². The van der Waals surface area contributed by atoms with Crippen molar-refractivity contribution in [1.82, 2.24) is 9.55 Å². The molecule has 0 bridgehead atoms. The summed E-state index contributed by atoms with van der Waals surface area (Å²) in [5.74, 6) is 0.579. The number of nitrogens with zero attached hydrogens (tertiary/aromatic N) is 2. The van der Waals surface area contributed by atoms with Crippen LogP contribution in [0.25, 0.3) is 11.0 Å². The van der Waals surface area contributed by atoms with E-state index in [0.29, 0.717) is 13.0 Å². The fraction of sp³-hybridized carbons (Fsp3) is 0.269. The largest absolute Gasteiger partial charge is 0.389 e. The van der Waals surface area contributed by atoms with Gasteiger partial charge in [0, 0.05) is 6.42 Å². The summed E-state index contributed by atoms with van der Waals surface area (Å²) in [7, 11) is 0. The SMILES string of the molecule is CCC(OCC(O)Cn1c(Cc2ccc(F)cc2)nc2ccccc21)c1ccccc1. The second-order valence-corrected chi connectivity index (χ2v) is 7.73. The highest BCUT2D eigenvalue weighted by atomic mass is 19.1. The smallest absolute Gasteiger partial charge is 0.123 e. The van der Waals surface area contributed by atoms with E-state index < -0.39 is 6.10 Å². The number of ether oxygens (including phenoxy) is 1. The van der Waals surface area contributed by atoms with E-state index in [2.05, 4.69) is 6.92 Å². The molecule has 3 aromatic carbocycles. The molecule has 0 saturated carbocycles. The van der Waals surface area contributed by atoms with E-state index in [4.69, 9.17) is 9.72 Å². The van der Waals surface area contributed by atoms with Gasteiger partial charge < -0.3 is 14.4 Å². The van der Waals surface area contributed by atoms with Gasteiger partial charge in [-0.3, -0.25) is 0 Å². The van der Waals surface area contributed by atoms with Gasteiger partial charge in [0.25, 0.3) is 0 Å². The predicted molar refractivity (Wildman–Crippen MR) is 120 cm³/mol. The van der Waals surface area contributed by atoms with Crippen LogP contribution < -0.4 is 0 Å². The number of halogens is 1. The van der Waals surface area contributed by atoms with Crippen molar-refractivity contribution in [2.24, 2.45) is 0 Å². The topological polar surface area (TPSA) is 47.3 Å². The normalized spacial score (nSPS) is 13.4. The first kappa shape index (κ1) is 21.2. The lowest BCUT2D eigenvalue weighted by Crippen LogP contribution is -2.24. The molecular weight excluding hydrogens is 391 g/mol. The van der Waals surface area contributed by atoms with Crippen molar-refractivity contribution in [2.45, 2.75) is 38.5 Å². The minimum atomic E-state index is -0.678. The molecule has 5 heteroatoms. The second-order valence-electron chi connectivity index (χ2n) is 7.73. The Morgan fingerprint density at radius 1 is 0.968 bits per heavy atom. The van der Waals surface area contributed by atoms with E-state index in [-0.39, 0.29) is 18.5 Å². The highest BCUT2D eigenvalue weighted by Crippen LogP contribution is 2.22. The molecule has 0 radical (unpaired) electrons. The molecule has 0 aliphatic heterocycles. The van der Waals surface area contributed by atoms with Gasteiger partial charge in [-0.25, -0.2) is 9.37 Å². The summed E-state index contributed by atoms with van der Waals surface area (Å²) < 4.78 is 21.4. The van der Waals surface area contributed by atoms with Crippen molar-refractivity contribution in [3.05, 3.63) is 102 Å². The summed E-state index contributed by atoms with van der Waals surface area (Å²) in [6, 6.07) is 24.4. The highest BCUT2D eigenvalue weighted by molar-refractivity contribution is 5.76. The molecule has 1 aromatic heterocycles. The third kappa shape index (κ3) is 5.19. The minimum Gasteiger partial charge on any atom is -0.389 e. The first-order valence-corrected chi connectivity index (χ1v) is 10.7. The van der Waals surface area contributed by atoms with Crippen molar-refractivity contribution in [3.8, 4) is 0 Å². The monoisotopic (exact) mass is 418 g/mol. The quantitative estimate of drug-likeness (QED) is 0.401. The third-order valence-electron chi connectivity index (χ3n) is 5.43. The lowest BCUT2D eigenvalue weighted by Gasteiger charge is -2.20. The van der Waals surface area contributed by atoms with Crippen LogP contribution in [0.2, 0.25) is 0 Å². The van der Waals surface area contributed by atoms with Crippen molar-refractivity contribution in [2.75, 3.05) is 6.61 Å². The van der Waals surface area contributed by atoms with Crippen LogP contribution in [-0.4, -0.2) is 27.4 Å². The molecule has 2 atom stereocenters. The molecule has 160 valence electrons. The molecule has 4 aromatic rings. The number of aliphatic hydroxyl groups excluding tert-OH is 1. The van der Waals surface area contributed by atoms with Crippen LogP contribution in [-0.2, 0) is 17.7 Å². The summed E-state index contributed by atoms with van der Waals surface area (Å²) in [4.78, 5) is 4.76. The van der Waals surface area contributed by atoms with Gasteiger partial charge in [0.15, 0.2) is 0 Å². The number of rotatable bonds is 9. The van der Waals surface area contributed by atoms with Crippen molar-refractivity contribution < 1.29 is 14.2 Å². The molecular formula is C26H27FN2O2. The number of aliphatic hydroxyl groups is 1. The Bertz CT molecular complexity index is 1110. The molecule has 0 aliphatic rings. The Hall–Kier alpha value is -3.02. The van der Waals surface area contributed by atoms with Gasteiger partial charge in [0.1, 0.15) is 11.6 Å². The molecule has 1 N–H and O–H groups in total. The van der Waals surface area contributed by atoms with E-state index in [1.54, 1.807) is 12.1 Å². The minimum absolute atomic E-state index is 0.0472. The van der Waals surface area contributed by atoms with Crippen LogP contribution in [0.15, 0.2) is 78.9 Å².